The largest absolute Gasteiger partial charge is 0.362 e. The summed E-state index contributed by atoms with van der Waals surface area (Å²) in [6.45, 7) is 15.3. The second-order valence-corrected chi connectivity index (χ2v) is 3.72. The fourth-order valence-electron chi connectivity index (χ4n) is 0.761. The van der Waals surface area contributed by atoms with E-state index in [1.54, 1.807) is 12.2 Å². The molecule has 0 aromatic rings. The molecule has 0 aromatic heterocycles. The van der Waals surface area contributed by atoms with Gasteiger partial charge in [-0.1, -0.05) is 12.2 Å². The van der Waals surface area contributed by atoms with Crippen molar-refractivity contribution in [2.45, 2.75) is 38.9 Å². The molecule has 0 N–H and O–H groups in total. The zero-order valence-electron chi connectivity index (χ0n) is 7.98. The second kappa shape index (κ2) is 3.22. The third-order valence-electron chi connectivity index (χ3n) is 1.51. The number of hydrogen-bond donors (Lipinski definition) is 0. The molecule has 64 valence electrons. The molecular formula is C10H18O. The predicted molar refractivity (Wildman–Crippen MR) is 49.6 cm³/mol. The van der Waals surface area contributed by atoms with Crippen LogP contribution in [0.2, 0.25) is 0 Å². The van der Waals surface area contributed by atoms with E-state index in [1.165, 1.54) is 0 Å². The summed E-state index contributed by atoms with van der Waals surface area (Å²) in [6.07, 6.45) is 3.58. The predicted octanol–water partition coefficient (Wildman–Crippen LogP) is 2.93. The monoisotopic (exact) mass is 154 g/mol. The van der Waals surface area contributed by atoms with E-state index in [0.717, 1.165) is 0 Å². The van der Waals surface area contributed by atoms with Crippen molar-refractivity contribution in [3.8, 4) is 0 Å². The summed E-state index contributed by atoms with van der Waals surface area (Å²) in [7, 11) is 0. The fourth-order valence-corrected chi connectivity index (χ4v) is 0.761. The molecule has 0 spiro atoms. The minimum Gasteiger partial charge on any atom is -0.362 e. The third kappa shape index (κ3) is 3.99. The Morgan fingerprint density at radius 3 is 1.36 bits per heavy atom. The van der Waals surface area contributed by atoms with Gasteiger partial charge < -0.3 is 4.74 Å². The Balaban J connectivity index is 4.23. The zero-order chi connectivity index (χ0) is 9.12. The van der Waals surface area contributed by atoms with Gasteiger partial charge in [0.2, 0.25) is 0 Å². The summed E-state index contributed by atoms with van der Waals surface area (Å²) < 4.78 is 5.69. The van der Waals surface area contributed by atoms with Gasteiger partial charge in [0.05, 0.1) is 11.2 Å². The molecule has 0 rings (SSSR count). The molecule has 0 radical (unpaired) electrons. The molecular weight excluding hydrogens is 136 g/mol. The quantitative estimate of drug-likeness (QED) is 0.566. The minimum absolute atomic E-state index is 0.280. The van der Waals surface area contributed by atoms with Gasteiger partial charge in [-0.2, -0.15) is 0 Å². The smallest absolute Gasteiger partial charge is 0.0815 e. The van der Waals surface area contributed by atoms with Crippen LogP contribution in [0.1, 0.15) is 27.7 Å². The lowest BCUT2D eigenvalue weighted by Crippen LogP contribution is -2.33. The normalized spacial score (nSPS) is 12.7. The van der Waals surface area contributed by atoms with Crippen LogP contribution in [0.3, 0.4) is 0 Å². The van der Waals surface area contributed by atoms with Crippen LogP contribution in [-0.4, -0.2) is 11.2 Å². The van der Waals surface area contributed by atoms with Crippen LogP contribution in [0.5, 0.6) is 0 Å². The summed E-state index contributed by atoms with van der Waals surface area (Å²) in [5, 5.41) is 0. The van der Waals surface area contributed by atoms with Crippen LogP contribution in [-0.2, 0) is 4.74 Å². The van der Waals surface area contributed by atoms with E-state index in [-0.39, 0.29) is 11.2 Å². The second-order valence-electron chi connectivity index (χ2n) is 3.72. The summed E-state index contributed by atoms with van der Waals surface area (Å²) >= 11 is 0. The van der Waals surface area contributed by atoms with E-state index in [1.807, 2.05) is 27.7 Å². The van der Waals surface area contributed by atoms with E-state index in [2.05, 4.69) is 13.2 Å². The van der Waals surface area contributed by atoms with Gasteiger partial charge in [0.1, 0.15) is 0 Å². The van der Waals surface area contributed by atoms with E-state index >= 15 is 0 Å². The lowest BCUT2D eigenvalue weighted by atomic mass is 10.1. The highest BCUT2D eigenvalue weighted by atomic mass is 16.5. The van der Waals surface area contributed by atoms with Crippen molar-refractivity contribution in [3.05, 3.63) is 25.3 Å². The highest BCUT2D eigenvalue weighted by Gasteiger charge is 2.23. The van der Waals surface area contributed by atoms with Crippen molar-refractivity contribution in [2.24, 2.45) is 0 Å². The maximum atomic E-state index is 5.69. The summed E-state index contributed by atoms with van der Waals surface area (Å²) in [5.74, 6) is 0. The van der Waals surface area contributed by atoms with Crippen molar-refractivity contribution < 1.29 is 4.74 Å². The van der Waals surface area contributed by atoms with Gasteiger partial charge in [0.15, 0.2) is 0 Å². The summed E-state index contributed by atoms with van der Waals surface area (Å²) in [4.78, 5) is 0. The standard InChI is InChI=1S/C10H18O/c1-7-9(3,4)11-10(5,6)8-2/h7-8H,1-2H2,3-6H3. The van der Waals surface area contributed by atoms with Gasteiger partial charge in [0, 0.05) is 0 Å². The Labute approximate surface area is 69.8 Å². The van der Waals surface area contributed by atoms with Crippen LogP contribution in [0, 0.1) is 0 Å². The molecule has 0 aliphatic rings. The van der Waals surface area contributed by atoms with Crippen molar-refractivity contribution in [2.75, 3.05) is 0 Å². The lowest BCUT2D eigenvalue weighted by molar-refractivity contribution is -0.0679. The topological polar surface area (TPSA) is 9.23 Å². The molecule has 0 aromatic carbocycles. The molecule has 11 heavy (non-hydrogen) atoms. The Morgan fingerprint density at radius 1 is 0.909 bits per heavy atom. The molecule has 0 amide bonds. The first-order valence-electron chi connectivity index (χ1n) is 3.80. The Morgan fingerprint density at radius 2 is 1.18 bits per heavy atom. The first kappa shape index (κ1) is 10.4. The van der Waals surface area contributed by atoms with Gasteiger partial charge in [-0.15, -0.1) is 13.2 Å². The lowest BCUT2D eigenvalue weighted by Gasteiger charge is -2.31. The zero-order valence-corrected chi connectivity index (χ0v) is 7.98. The van der Waals surface area contributed by atoms with Gasteiger partial charge in [-0.25, -0.2) is 0 Å². The van der Waals surface area contributed by atoms with E-state index in [9.17, 15) is 0 Å². The Bertz CT molecular complexity index is 136. The van der Waals surface area contributed by atoms with Crippen molar-refractivity contribution in [1.82, 2.24) is 0 Å². The molecule has 0 heterocycles. The van der Waals surface area contributed by atoms with Gasteiger partial charge in [-0.05, 0) is 27.7 Å². The van der Waals surface area contributed by atoms with Crippen molar-refractivity contribution >= 4 is 0 Å². The maximum Gasteiger partial charge on any atom is 0.0815 e. The van der Waals surface area contributed by atoms with Gasteiger partial charge >= 0.3 is 0 Å². The number of hydrogen-bond acceptors (Lipinski definition) is 1. The molecule has 0 unspecified atom stereocenters. The van der Waals surface area contributed by atoms with Gasteiger partial charge in [0.25, 0.3) is 0 Å². The molecule has 0 aliphatic carbocycles. The fraction of sp³-hybridized carbons (Fsp3) is 0.600. The first-order chi connectivity index (χ1) is 4.83. The highest BCUT2D eigenvalue weighted by Crippen LogP contribution is 2.21. The third-order valence-corrected chi connectivity index (χ3v) is 1.51. The van der Waals surface area contributed by atoms with E-state index in [4.69, 9.17) is 4.74 Å². The molecule has 0 aliphatic heterocycles. The summed E-state index contributed by atoms with van der Waals surface area (Å²) in [5.41, 5.74) is -0.560. The number of rotatable bonds is 4. The first-order valence-corrected chi connectivity index (χ1v) is 3.80. The highest BCUT2D eigenvalue weighted by molar-refractivity contribution is 4.97. The number of ether oxygens (including phenoxy) is 1. The van der Waals surface area contributed by atoms with Crippen LogP contribution in [0.4, 0.5) is 0 Å². The Hall–Kier alpha value is -0.560. The molecule has 0 atom stereocenters. The van der Waals surface area contributed by atoms with Crippen molar-refractivity contribution in [3.63, 3.8) is 0 Å². The Kier molecular flexibility index (Phi) is 3.06. The average Bonchev–Trinajstić information content (AvgIpc) is 1.86. The van der Waals surface area contributed by atoms with E-state index in [0.29, 0.717) is 0 Å². The van der Waals surface area contributed by atoms with Crippen LogP contribution in [0.15, 0.2) is 25.3 Å². The van der Waals surface area contributed by atoms with Crippen LogP contribution < -0.4 is 0 Å². The summed E-state index contributed by atoms with van der Waals surface area (Å²) in [6, 6.07) is 0. The molecule has 0 saturated carbocycles. The maximum absolute atomic E-state index is 5.69. The van der Waals surface area contributed by atoms with Crippen molar-refractivity contribution in [1.29, 1.82) is 0 Å². The average molecular weight is 154 g/mol. The van der Waals surface area contributed by atoms with E-state index < -0.39 is 0 Å². The molecule has 0 fully saturated rings. The molecule has 0 bridgehead atoms. The molecule has 1 heteroatoms. The van der Waals surface area contributed by atoms with Crippen LogP contribution in [0.25, 0.3) is 0 Å². The minimum atomic E-state index is -0.280. The van der Waals surface area contributed by atoms with Gasteiger partial charge in [-0.3, -0.25) is 0 Å². The molecule has 1 nitrogen and oxygen atoms in total. The van der Waals surface area contributed by atoms with Crippen LogP contribution >= 0.6 is 0 Å². The molecule has 0 saturated heterocycles. The SMILES string of the molecule is C=CC(C)(C)OC(C)(C)C=C.